The highest BCUT2D eigenvalue weighted by molar-refractivity contribution is 6.30. The van der Waals surface area contributed by atoms with Crippen molar-refractivity contribution >= 4 is 45.6 Å². The highest BCUT2D eigenvalue weighted by Gasteiger charge is 2.17. The van der Waals surface area contributed by atoms with Gasteiger partial charge < -0.3 is 10.6 Å². The minimum absolute atomic E-state index is 0.0733. The summed E-state index contributed by atoms with van der Waals surface area (Å²) in [5.74, 6) is 0.946. The minimum atomic E-state index is 0.0733. The van der Waals surface area contributed by atoms with Crippen molar-refractivity contribution in [3.63, 3.8) is 0 Å². The van der Waals surface area contributed by atoms with Crippen molar-refractivity contribution in [1.29, 1.82) is 0 Å². The van der Waals surface area contributed by atoms with Gasteiger partial charge in [0, 0.05) is 27.7 Å². The molecule has 0 saturated heterocycles. The Morgan fingerprint density at radius 3 is 2.48 bits per heavy atom. The Kier molecular flexibility index (Phi) is 7.10. The molecular weight excluding hydrogens is 382 g/mol. The molecule has 0 aliphatic heterocycles. The molecule has 0 unspecified atom stereocenters. The summed E-state index contributed by atoms with van der Waals surface area (Å²) in [5.41, 5.74) is 3.69. The number of aromatic nitrogens is 1. The lowest BCUT2D eigenvalue weighted by atomic mass is 9.97. The molecule has 0 radical (unpaired) electrons. The van der Waals surface area contributed by atoms with Crippen molar-refractivity contribution in [3.8, 4) is 0 Å². The van der Waals surface area contributed by atoms with Gasteiger partial charge in [-0.25, -0.2) is 4.98 Å². The zero-order valence-electron chi connectivity index (χ0n) is 17.3. The van der Waals surface area contributed by atoms with Crippen molar-refractivity contribution in [2.24, 2.45) is 5.92 Å². The monoisotopic (exact) mass is 409 g/mol. The number of hydrogen-bond acceptors (Lipinski definition) is 3. The Hall–Kier alpha value is -2.59. The van der Waals surface area contributed by atoms with Gasteiger partial charge >= 0.3 is 0 Å². The molecule has 2 aromatic carbocycles. The van der Waals surface area contributed by atoms with E-state index in [4.69, 9.17) is 16.6 Å². The van der Waals surface area contributed by atoms with Crippen molar-refractivity contribution < 1.29 is 4.79 Å². The largest absolute Gasteiger partial charge is 0.340 e. The Morgan fingerprint density at radius 2 is 1.79 bits per heavy atom. The molecule has 1 amide bonds. The summed E-state index contributed by atoms with van der Waals surface area (Å²) in [6.45, 7) is 6.29. The molecule has 0 aliphatic rings. The maximum atomic E-state index is 12.7. The fourth-order valence-electron chi connectivity index (χ4n) is 3.60. The van der Waals surface area contributed by atoms with Crippen LogP contribution in [0.5, 0.6) is 0 Å². The molecule has 2 N–H and O–H groups in total. The van der Waals surface area contributed by atoms with E-state index in [0.717, 1.165) is 59.3 Å². The van der Waals surface area contributed by atoms with Gasteiger partial charge in [-0.05, 0) is 67.8 Å². The van der Waals surface area contributed by atoms with Crippen LogP contribution < -0.4 is 10.6 Å². The van der Waals surface area contributed by atoms with Gasteiger partial charge in [0.05, 0.1) is 5.52 Å². The Balaban J connectivity index is 1.81. The van der Waals surface area contributed by atoms with Crippen molar-refractivity contribution in [1.82, 2.24) is 4.98 Å². The number of amides is 1. The Labute approximate surface area is 177 Å². The van der Waals surface area contributed by atoms with E-state index < -0.39 is 0 Å². The van der Waals surface area contributed by atoms with Crippen molar-refractivity contribution in [3.05, 3.63) is 59.1 Å². The molecule has 0 spiro atoms. The first-order valence-corrected chi connectivity index (χ1v) is 10.6. The molecule has 1 aromatic heterocycles. The minimum Gasteiger partial charge on any atom is -0.340 e. The normalized spacial score (nSPS) is 11.1. The highest BCUT2D eigenvalue weighted by Crippen LogP contribution is 2.27. The van der Waals surface area contributed by atoms with Crippen molar-refractivity contribution in [2.45, 2.75) is 46.5 Å². The number of carbonyl (C=O) groups is 1. The predicted octanol–water partition coefficient (Wildman–Crippen LogP) is 7.10. The standard InChI is InChI=1S/C24H28ClN3O/c1-4-7-17(8-5-2)24(29)27-20-11-12-22-21(15-20)16(3)13-23(28-22)26-19-10-6-9-18(25)14-19/h6,9-15,17H,4-5,7-8H2,1-3H3,(H,26,28)(H,27,29). The molecule has 1 heterocycles. The molecule has 0 bridgehead atoms. The van der Waals surface area contributed by atoms with E-state index in [0.29, 0.717) is 5.02 Å². The zero-order valence-corrected chi connectivity index (χ0v) is 18.0. The number of aryl methyl sites for hydroxylation is 1. The lowest BCUT2D eigenvalue weighted by Gasteiger charge is -2.16. The van der Waals surface area contributed by atoms with Crippen LogP contribution >= 0.6 is 11.6 Å². The van der Waals surface area contributed by atoms with E-state index in [1.165, 1.54) is 0 Å². The lowest BCUT2D eigenvalue weighted by Crippen LogP contribution is -2.22. The molecule has 0 aliphatic carbocycles. The molecule has 3 rings (SSSR count). The average molecular weight is 410 g/mol. The lowest BCUT2D eigenvalue weighted by molar-refractivity contribution is -0.120. The van der Waals surface area contributed by atoms with E-state index in [1.54, 1.807) is 0 Å². The molecule has 3 aromatic rings. The second-order valence-electron chi connectivity index (χ2n) is 7.46. The van der Waals surface area contributed by atoms with E-state index in [2.05, 4.69) is 31.4 Å². The summed E-state index contributed by atoms with van der Waals surface area (Å²) in [5, 5.41) is 8.10. The first-order chi connectivity index (χ1) is 14.0. The zero-order chi connectivity index (χ0) is 20.8. The van der Waals surface area contributed by atoms with Crippen LogP contribution in [-0.4, -0.2) is 10.9 Å². The van der Waals surface area contributed by atoms with E-state index in [-0.39, 0.29) is 11.8 Å². The predicted molar refractivity (Wildman–Crippen MR) is 123 cm³/mol. The molecule has 4 nitrogen and oxygen atoms in total. The second kappa shape index (κ2) is 9.75. The number of fused-ring (bicyclic) bond motifs is 1. The summed E-state index contributed by atoms with van der Waals surface area (Å²) < 4.78 is 0. The number of hydrogen-bond donors (Lipinski definition) is 2. The van der Waals surface area contributed by atoms with Crippen LogP contribution in [-0.2, 0) is 4.79 Å². The van der Waals surface area contributed by atoms with Gasteiger partial charge in [0.1, 0.15) is 5.82 Å². The number of halogens is 1. The third-order valence-corrected chi connectivity index (χ3v) is 5.26. The smallest absolute Gasteiger partial charge is 0.227 e. The third-order valence-electron chi connectivity index (χ3n) is 5.03. The van der Waals surface area contributed by atoms with Gasteiger partial charge in [0.25, 0.3) is 0 Å². The van der Waals surface area contributed by atoms with Crippen LogP contribution in [0.4, 0.5) is 17.2 Å². The van der Waals surface area contributed by atoms with Crippen molar-refractivity contribution in [2.75, 3.05) is 10.6 Å². The molecular formula is C24H28ClN3O. The van der Waals surface area contributed by atoms with E-state index in [1.807, 2.05) is 48.5 Å². The Bertz CT molecular complexity index is 997. The van der Waals surface area contributed by atoms with E-state index >= 15 is 0 Å². The Morgan fingerprint density at radius 1 is 1.03 bits per heavy atom. The maximum absolute atomic E-state index is 12.7. The number of rotatable bonds is 8. The summed E-state index contributed by atoms with van der Waals surface area (Å²) in [7, 11) is 0. The quantitative estimate of drug-likeness (QED) is 0.417. The molecule has 0 saturated carbocycles. The first kappa shape index (κ1) is 21.1. The van der Waals surface area contributed by atoms with Crippen LogP contribution in [0.2, 0.25) is 5.02 Å². The van der Waals surface area contributed by atoms with Gasteiger partial charge in [-0.1, -0.05) is 44.4 Å². The third kappa shape index (κ3) is 5.48. The fourth-order valence-corrected chi connectivity index (χ4v) is 3.79. The second-order valence-corrected chi connectivity index (χ2v) is 7.89. The summed E-state index contributed by atoms with van der Waals surface area (Å²) in [4.78, 5) is 17.4. The highest BCUT2D eigenvalue weighted by atomic mass is 35.5. The fraction of sp³-hybridized carbons (Fsp3) is 0.333. The maximum Gasteiger partial charge on any atom is 0.227 e. The first-order valence-electron chi connectivity index (χ1n) is 10.2. The number of nitrogens with zero attached hydrogens (tertiary/aromatic N) is 1. The molecule has 152 valence electrons. The van der Waals surface area contributed by atoms with Crippen LogP contribution in [0.25, 0.3) is 10.9 Å². The molecule has 0 fully saturated rings. The number of carbonyl (C=O) groups excluding carboxylic acids is 1. The molecule has 0 atom stereocenters. The summed E-state index contributed by atoms with van der Waals surface area (Å²) >= 11 is 6.06. The van der Waals surface area contributed by atoms with Gasteiger partial charge in [-0.15, -0.1) is 0 Å². The van der Waals surface area contributed by atoms with Gasteiger partial charge in [-0.3, -0.25) is 4.79 Å². The van der Waals surface area contributed by atoms with Crippen LogP contribution in [0.1, 0.15) is 45.1 Å². The van der Waals surface area contributed by atoms with E-state index in [9.17, 15) is 4.79 Å². The summed E-state index contributed by atoms with van der Waals surface area (Å²) in [6.07, 6.45) is 3.88. The van der Waals surface area contributed by atoms with Crippen LogP contribution in [0.3, 0.4) is 0 Å². The topological polar surface area (TPSA) is 54.0 Å². The number of anilines is 3. The number of benzene rings is 2. The summed E-state index contributed by atoms with van der Waals surface area (Å²) in [6, 6.07) is 15.4. The molecule has 5 heteroatoms. The molecule has 29 heavy (non-hydrogen) atoms. The SMILES string of the molecule is CCCC(CCC)C(=O)Nc1ccc2nc(Nc3cccc(Cl)c3)cc(C)c2c1. The van der Waals surface area contributed by atoms with Gasteiger partial charge in [-0.2, -0.15) is 0 Å². The number of nitrogens with one attached hydrogen (secondary N) is 2. The van der Waals surface area contributed by atoms with Gasteiger partial charge in [0.15, 0.2) is 0 Å². The van der Waals surface area contributed by atoms with Crippen LogP contribution in [0, 0.1) is 12.8 Å². The number of pyridine rings is 1. The average Bonchev–Trinajstić information content (AvgIpc) is 2.68. The van der Waals surface area contributed by atoms with Gasteiger partial charge in [0.2, 0.25) is 5.91 Å². The van der Waals surface area contributed by atoms with Crippen LogP contribution in [0.15, 0.2) is 48.5 Å².